The second kappa shape index (κ2) is 11.8. The lowest BCUT2D eigenvalue weighted by Gasteiger charge is -2.08. The number of para-hydroxylation sites is 1. The van der Waals surface area contributed by atoms with Crippen LogP contribution in [0, 0.1) is 6.92 Å². The van der Waals surface area contributed by atoms with Gasteiger partial charge in [0.25, 0.3) is 0 Å². The zero-order valence-electron chi connectivity index (χ0n) is 20.0. The summed E-state index contributed by atoms with van der Waals surface area (Å²) in [4.78, 5) is 37.8. The smallest absolute Gasteiger partial charge is 0.348 e. The van der Waals surface area contributed by atoms with Gasteiger partial charge in [-0.1, -0.05) is 23.9 Å². The number of rotatable bonds is 10. The van der Waals surface area contributed by atoms with Gasteiger partial charge in [-0.2, -0.15) is 0 Å². The molecule has 0 saturated heterocycles. The molecule has 1 N–H and O–H groups in total. The number of anilines is 1. The molecule has 3 rings (SSSR count). The van der Waals surface area contributed by atoms with Gasteiger partial charge in [-0.15, -0.1) is 21.5 Å². The highest BCUT2D eigenvalue weighted by Crippen LogP contribution is 2.35. The monoisotopic (exact) mass is 518 g/mol. The number of esters is 2. The number of hydrogen-bond donors (Lipinski definition) is 1. The molecule has 1 amide bonds. The summed E-state index contributed by atoms with van der Waals surface area (Å²) in [5.41, 5.74) is 1.33. The van der Waals surface area contributed by atoms with Crippen LogP contribution in [0.2, 0.25) is 0 Å². The maximum absolute atomic E-state index is 12.8. The Morgan fingerprint density at radius 3 is 2.46 bits per heavy atom. The summed E-state index contributed by atoms with van der Waals surface area (Å²) in [5.74, 6) is -0.282. The largest absolute Gasteiger partial charge is 0.496 e. The van der Waals surface area contributed by atoms with E-state index in [0.717, 1.165) is 16.9 Å². The van der Waals surface area contributed by atoms with Crippen molar-refractivity contribution in [2.45, 2.75) is 25.9 Å². The van der Waals surface area contributed by atoms with Crippen molar-refractivity contribution in [2.75, 3.05) is 31.4 Å². The lowest BCUT2D eigenvalue weighted by molar-refractivity contribution is -0.113. The van der Waals surface area contributed by atoms with E-state index in [2.05, 4.69) is 15.5 Å². The molecule has 0 unspecified atom stereocenters. The number of benzene rings is 1. The zero-order chi connectivity index (χ0) is 25.5. The molecule has 0 spiro atoms. The van der Waals surface area contributed by atoms with Gasteiger partial charge < -0.3 is 24.1 Å². The topological polar surface area (TPSA) is 122 Å². The first-order valence-electron chi connectivity index (χ1n) is 10.7. The molecule has 3 aromatic rings. The highest BCUT2D eigenvalue weighted by atomic mass is 32.2. The molecule has 12 heteroatoms. The molecule has 0 saturated carbocycles. The van der Waals surface area contributed by atoms with Crippen molar-refractivity contribution < 1.29 is 28.6 Å². The second-order valence-corrected chi connectivity index (χ2v) is 9.07. The van der Waals surface area contributed by atoms with Crippen LogP contribution < -0.4 is 10.1 Å². The van der Waals surface area contributed by atoms with Crippen molar-refractivity contribution in [1.29, 1.82) is 0 Å². The number of thioether (sulfide) groups is 1. The lowest BCUT2D eigenvalue weighted by Crippen LogP contribution is -2.16. The van der Waals surface area contributed by atoms with Gasteiger partial charge in [-0.3, -0.25) is 4.79 Å². The Morgan fingerprint density at radius 2 is 1.77 bits per heavy atom. The number of nitrogens with zero attached hydrogens (tertiary/aromatic N) is 3. The van der Waals surface area contributed by atoms with Gasteiger partial charge in [0.2, 0.25) is 5.91 Å². The van der Waals surface area contributed by atoms with Gasteiger partial charge in [0.05, 0.1) is 37.2 Å². The van der Waals surface area contributed by atoms with E-state index in [-0.39, 0.29) is 40.3 Å². The van der Waals surface area contributed by atoms with E-state index >= 15 is 0 Å². The average molecular weight is 519 g/mol. The van der Waals surface area contributed by atoms with Crippen molar-refractivity contribution in [3.8, 4) is 17.1 Å². The molecule has 2 heterocycles. The van der Waals surface area contributed by atoms with E-state index in [0.29, 0.717) is 22.3 Å². The molecule has 2 aromatic heterocycles. The van der Waals surface area contributed by atoms with Gasteiger partial charge in [0.1, 0.15) is 15.6 Å². The molecule has 0 atom stereocenters. The lowest BCUT2D eigenvalue weighted by atomic mass is 10.1. The van der Waals surface area contributed by atoms with Crippen LogP contribution >= 0.6 is 23.1 Å². The molecule has 0 aliphatic rings. The summed E-state index contributed by atoms with van der Waals surface area (Å²) in [6.07, 6.45) is 0. The van der Waals surface area contributed by atoms with Crippen molar-refractivity contribution >= 4 is 45.9 Å². The molecule has 0 fully saturated rings. The van der Waals surface area contributed by atoms with Crippen molar-refractivity contribution in [2.24, 2.45) is 7.05 Å². The Hall–Kier alpha value is -3.38. The number of carbonyl (C=O) groups excluding carboxylic acids is 3. The third-order valence-corrected chi connectivity index (χ3v) is 7.06. The Balaban J connectivity index is 1.77. The van der Waals surface area contributed by atoms with Gasteiger partial charge in [-0.25, -0.2) is 9.59 Å². The van der Waals surface area contributed by atoms with Crippen molar-refractivity contribution in [1.82, 2.24) is 14.8 Å². The van der Waals surface area contributed by atoms with Gasteiger partial charge in [0.15, 0.2) is 11.0 Å². The normalized spacial score (nSPS) is 10.7. The zero-order valence-corrected chi connectivity index (χ0v) is 21.7. The number of methoxy groups -OCH3 is 1. The van der Waals surface area contributed by atoms with Gasteiger partial charge in [-0.05, 0) is 38.5 Å². The van der Waals surface area contributed by atoms with E-state index in [1.807, 2.05) is 24.3 Å². The Bertz CT molecular complexity index is 1240. The van der Waals surface area contributed by atoms with Crippen LogP contribution in [0.25, 0.3) is 11.4 Å². The van der Waals surface area contributed by atoms with Gasteiger partial charge >= 0.3 is 11.9 Å². The van der Waals surface area contributed by atoms with E-state index in [4.69, 9.17) is 14.2 Å². The predicted molar refractivity (Wildman–Crippen MR) is 133 cm³/mol. The maximum Gasteiger partial charge on any atom is 0.348 e. The molecule has 0 aliphatic heterocycles. The molecule has 0 bridgehead atoms. The minimum atomic E-state index is -0.616. The van der Waals surface area contributed by atoms with E-state index in [1.165, 1.54) is 11.8 Å². The first kappa shape index (κ1) is 26.2. The van der Waals surface area contributed by atoms with E-state index in [9.17, 15) is 14.4 Å². The average Bonchev–Trinajstić information content (AvgIpc) is 3.37. The van der Waals surface area contributed by atoms with Crippen LogP contribution in [-0.2, 0) is 21.3 Å². The van der Waals surface area contributed by atoms with Crippen LogP contribution in [0.3, 0.4) is 0 Å². The molecule has 10 nitrogen and oxygen atoms in total. The molecule has 0 radical (unpaired) electrons. The Labute approximate surface area is 211 Å². The van der Waals surface area contributed by atoms with Crippen LogP contribution in [-0.4, -0.2) is 58.7 Å². The molecular formula is C23H26N4O6S2. The molecule has 35 heavy (non-hydrogen) atoms. The summed E-state index contributed by atoms with van der Waals surface area (Å²) in [7, 11) is 3.38. The minimum Gasteiger partial charge on any atom is -0.496 e. The number of aromatic nitrogens is 3. The molecule has 1 aromatic carbocycles. The Kier molecular flexibility index (Phi) is 8.88. The van der Waals surface area contributed by atoms with Gasteiger partial charge in [0, 0.05) is 7.05 Å². The highest BCUT2D eigenvalue weighted by molar-refractivity contribution is 7.99. The number of carbonyl (C=O) groups is 3. The third kappa shape index (κ3) is 5.82. The van der Waals surface area contributed by atoms with E-state index < -0.39 is 11.9 Å². The van der Waals surface area contributed by atoms with Crippen molar-refractivity contribution in [3.63, 3.8) is 0 Å². The molecule has 0 aliphatic carbocycles. The first-order chi connectivity index (χ1) is 16.8. The summed E-state index contributed by atoms with van der Waals surface area (Å²) < 4.78 is 17.4. The van der Waals surface area contributed by atoms with Crippen LogP contribution in [0.4, 0.5) is 5.00 Å². The number of thiophene rings is 1. The highest BCUT2D eigenvalue weighted by Gasteiger charge is 2.27. The number of amides is 1. The van der Waals surface area contributed by atoms with Crippen LogP contribution in [0.5, 0.6) is 5.75 Å². The fraction of sp³-hybridized carbons (Fsp3) is 0.348. The number of ether oxygens (including phenoxy) is 3. The fourth-order valence-electron chi connectivity index (χ4n) is 3.24. The first-order valence-corrected chi connectivity index (χ1v) is 12.6. The second-order valence-electron chi connectivity index (χ2n) is 7.10. The summed E-state index contributed by atoms with van der Waals surface area (Å²) in [5, 5.41) is 11.9. The minimum absolute atomic E-state index is 0.00580. The maximum atomic E-state index is 12.8. The molecule has 186 valence electrons. The molecular weight excluding hydrogens is 492 g/mol. The standard InChI is InChI=1S/C23H26N4O6S2/c1-6-32-21(29)17-13(3)18(22(30)33-7-2)35-20(17)24-16(28)12-34-23-26-25-19(27(23)4)14-10-8-9-11-15(14)31-5/h8-11H,6-7,12H2,1-5H3,(H,24,28). The van der Waals surface area contributed by atoms with Crippen LogP contribution in [0.15, 0.2) is 29.4 Å². The number of hydrogen-bond acceptors (Lipinski definition) is 10. The Morgan fingerprint density at radius 1 is 1.09 bits per heavy atom. The van der Waals surface area contributed by atoms with E-state index in [1.54, 1.807) is 39.5 Å². The summed E-state index contributed by atoms with van der Waals surface area (Å²) in [6.45, 7) is 5.35. The fourth-order valence-corrected chi connectivity index (χ4v) is 5.06. The predicted octanol–water partition coefficient (Wildman–Crippen LogP) is 3.94. The quantitative estimate of drug-likeness (QED) is 0.314. The summed E-state index contributed by atoms with van der Waals surface area (Å²) in [6, 6.07) is 7.45. The van der Waals surface area contributed by atoms with Crippen LogP contribution in [0.1, 0.15) is 39.4 Å². The van der Waals surface area contributed by atoms with Crippen molar-refractivity contribution in [3.05, 3.63) is 40.3 Å². The SMILES string of the molecule is CCOC(=O)c1sc(NC(=O)CSc2nnc(-c3ccccc3OC)n2C)c(C(=O)OCC)c1C. The number of nitrogens with one attached hydrogen (secondary N) is 1. The third-order valence-electron chi connectivity index (χ3n) is 4.86. The summed E-state index contributed by atoms with van der Waals surface area (Å²) >= 11 is 2.17.